The third-order valence-corrected chi connectivity index (χ3v) is 6.71. The molecule has 0 atom stereocenters. The van der Waals surface area contributed by atoms with Crippen molar-refractivity contribution in [2.24, 2.45) is 0 Å². The van der Waals surface area contributed by atoms with E-state index in [2.05, 4.69) is 4.98 Å². The zero-order valence-electron chi connectivity index (χ0n) is 17.9. The number of nitro groups is 1. The highest BCUT2D eigenvalue weighted by Crippen LogP contribution is 2.32. The van der Waals surface area contributed by atoms with E-state index >= 15 is 0 Å². The van der Waals surface area contributed by atoms with Crippen molar-refractivity contribution in [1.29, 1.82) is 0 Å². The Kier molecular flexibility index (Phi) is 4.49. The van der Waals surface area contributed by atoms with Crippen LogP contribution in [0.1, 0.15) is 28.0 Å². The number of aryl methyl sites for hydroxylation is 3. The van der Waals surface area contributed by atoms with Crippen LogP contribution in [0.15, 0.2) is 45.6 Å². The van der Waals surface area contributed by atoms with Crippen molar-refractivity contribution in [3.63, 3.8) is 0 Å². The first-order chi connectivity index (χ1) is 15.2. The van der Waals surface area contributed by atoms with E-state index in [4.69, 9.17) is 4.42 Å². The molecule has 0 N–H and O–H groups in total. The summed E-state index contributed by atoms with van der Waals surface area (Å²) < 4.78 is 8.10. The Morgan fingerprint density at radius 1 is 1.09 bits per heavy atom. The molecule has 0 amide bonds. The fourth-order valence-electron chi connectivity index (χ4n) is 3.91. The van der Waals surface area contributed by atoms with Crippen molar-refractivity contribution in [2.75, 3.05) is 0 Å². The summed E-state index contributed by atoms with van der Waals surface area (Å²) in [6.45, 7) is 7.56. The largest absolute Gasteiger partial charge is 0.457 e. The molecule has 2 aromatic carbocycles. The van der Waals surface area contributed by atoms with E-state index in [1.165, 1.54) is 11.3 Å². The Balaban J connectivity index is 1.62. The summed E-state index contributed by atoms with van der Waals surface area (Å²) in [5, 5.41) is 11.4. The highest BCUT2D eigenvalue weighted by Gasteiger charge is 2.18. The van der Waals surface area contributed by atoms with Crippen LogP contribution in [0.5, 0.6) is 0 Å². The van der Waals surface area contributed by atoms with Crippen molar-refractivity contribution < 1.29 is 9.34 Å². The molecule has 0 radical (unpaired) electrons. The van der Waals surface area contributed by atoms with E-state index < -0.39 is 0 Å². The molecule has 0 saturated carbocycles. The van der Waals surface area contributed by atoms with Gasteiger partial charge in [0.15, 0.2) is 4.96 Å². The average molecular weight is 446 g/mol. The van der Waals surface area contributed by atoms with E-state index in [-0.39, 0.29) is 16.2 Å². The quantitative estimate of drug-likeness (QED) is 0.292. The second kappa shape index (κ2) is 7.13. The van der Waals surface area contributed by atoms with Crippen LogP contribution in [0.3, 0.4) is 0 Å². The third kappa shape index (κ3) is 3.11. The average Bonchev–Trinajstić information content (AvgIpc) is 3.40. The van der Waals surface area contributed by atoms with Gasteiger partial charge in [0.1, 0.15) is 16.1 Å². The first-order valence-corrected chi connectivity index (χ1v) is 10.8. The summed E-state index contributed by atoms with van der Waals surface area (Å²) in [6, 6.07) is 10.9. The van der Waals surface area contributed by atoms with Crippen LogP contribution < -0.4 is 10.1 Å². The summed E-state index contributed by atoms with van der Waals surface area (Å²) in [5.74, 6) is 1.02. The number of fused-ring (bicyclic) bond motifs is 3. The van der Waals surface area contributed by atoms with Crippen LogP contribution in [0.4, 0.5) is 5.69 Å². The van der Waals surface area contributed by atoms with Crippen LogP contribution in [-0.4, -0.2) is 14.3 Å². The lowest BCUT2D eigenvalue weighted by Gasteiger charge is -2.05. The summed E-state index contributed by atoms with van der Waals surface area (Å²) in [6.07, 6.45) is 1.69. The molecule has 7 nitrogen and oxygen atoms in total. The number of furan rings is 1. The summed E-state index contributed by atoms with van der Waals surface area (Å²) >= 11 is 1.31. The Morgan fingerprint density at radius 2 is 1.84 bits per heavy atom. The van der Waals surface area contributed by atoms with Gasteiger partial charge in [-0.1, -0.05) is 11.3 Å². The highest BCUT2D eigenvalue weighted by molar-refractivity contribution is 7.15. The molecule has 0 aliphatic carbocycles. The maximum absolute atomic E-state index is 13.1. The molecule has 3 heterocycles. The van der Waals surface area contributed by atoms with Crippen molar-refractivity contribution in [3.05, 3.63) is 89.4 Å². The topological polar surface area (TPSA) is 90.7 Å². The minimum absolute atomic E-state index is 0.0562. The van der Waals surface area contributed by atoms with Gasteiger partial charge in [-0.25, -0.2) is 9.38 Å². The van der Waals surface area contributed by atoms with E-state index in [9.17, 15) is 14.9 Å². The van der Waals surface area contributed by atoms with Crippen molar-refractivity contribution >= 4 is 39.1 Å². The fourth-order valence-corrected chi connectivity index (χ4v) is 4.87. The molecule has 0 aliphatic rings. The van der Waals surface area contributed by atoms with E-state index in [1.807, 2.05) is 39.0 Å². The summed E-state index contributed by atoms with van der Waals surface area (Å²) in [5.41, 5.74) is 5.74. The van der Waals surface area contributed by atoms with E-state index in [0.717, 1.165) is 27.7 Å². The predicted octanol–water partition coefficient (Wildman–Crippen LogP) is 4.86. The highest BCUT2D eigenvalue weighted by atomic mass is 32.1. The zero-order chi connectivity index (χ0) is 22.7. The van der Waals surface area contributed by atoms with Crippen molar-refractivity contribution in [3.8, 4) is 11.3 Å². The summed E-state index contributed by atoms with van der Waals surface area (Å²) in [7, 11) is 0. The smallest absolute Gasteiger partial charge is 0.275 e. The third-order valence-electron chi connectivity index (χ3n) is 5.74. The molecule has 5 aromatic rings. The van der Waals surface area contributed by atoms with Gasteiger partial charge >= 0.3 is 0 Å². The fraction of sp³-hybridized carbons (Fsp3) is 0.167. The maximum atomic E-state index is 13.1. The minimum Gasteiger partial charge on any atom is -0.457 e. The van der Waals surface area contributed by atoms with Crippen molar-refractivity contribution in [2.45, 2.75) is 27.7 Å². The molecular formula is C24H19N3O4S. The monoisotopic (exact) mass is 445 g/mol. The predicted molar refractivity (Wildman–Crippen MR) is 125 cm³/mol. The van der Waals surface area contributed by atoms with Gasteiger partial charge < -0.3 is 4.42 Å². The SMILES string of the molecule is Cc1cc(-c2ccc(C=c3sc4nc5cc(C)c(C)cc5n4c3=O)o2)c(C)c([N+](=O)[O-])c1. The molecule has 32 heavy (non-hydrogen) atoms. The second-order valence-corrected chi connectivity index (χ2v) is 9.00. The number of hydrogen-bond acceptors (Lipinski definition) is 6. The standard InChI is InChI=1S/C24H19N3O4S/c1-12-7-17(15(4)19(8-12)27(29)30)21-6-5-16(31-21)11-22-23(28)26-20-10-14(3)13(2)9-18(20)25-24(26)32-22/h5-11H,1-4H3. The Morgan fingerprint density at radius 3 is 2.59 bits per heavy atom. The van der Waals surface area contributed by atoms with Crippen LogP contribution in [0, 0.1) is 37.8 Å². The normalized spacial score (nSPS) is 12.3. The molecule has 5 rings (SSSR count). The van der Waals surface area contributed by atoms with Gasteiger partial charge in [0.25, 0.3) is 11.2 Å². The van der Waals surface area contributed by atoms with Gasteiger partial charge in [-0.05, 0) is 74.7 Å². The first-order valence-electron chi connectivity index (χ1n) is 10.0. The summed E-state index contributed by atoms with van der Waals surface area (Å²) in [4.78, 5) is 29.3. The lowest BCUT2D eigenvalue weighted by Crippen LogP contribution is -2.22. The van der Waals surface area contributed by atoms with Crippen LogP contribution in [0.2, 0.25) is 0 Å². The number of thiazole rings is 1. The number of nitrogens with zero attached hydrogens (tertiary/aromatic N) is 3. The molecule has 0 saturated heterocycles. The van der Waals surface area contributed by atoms with Crippen LogP contribution >= 0.6 is 11.3 Å². The molecule has 3 aromatic heterocycles. The zero-order valence-corrected chi connectivity index (χ0v) is 18.7. The van der Waals surface area contributed by atoms with E-state index in [0.29, 0.717) is 32.1 Å². The number of hydrogen-bond donors (Lipinski definition) is 0. The molecule has 160 valence electrons. The molecule has 0 spiro atoms. The van der Waals surface area contributed by atoms with Gasteiger partial charge in [-0.3, -0.25) is 14.9 Å². The second-order valence-electron chi connectivity index (χ2n) is 7.99. The molecular weight excluding hydrogens is 426 g/mol. The van der Waals surface area contributed by atoms with Crippen LogP contribution in [-0.2, 0) is 0 Å². The number of imidazole rings is 1. The Bertz CT molecular complexity index is 1670. The van der Waals surface area contributed by atoms with Gasteiger partial charge in [0.05, 0.1) is 16.0 Å². The minimum atomic E-state index is -0.388. The van der Waals surface area contributed by atoms with E-state index in [1.54, 1.807) is 35.6 Å². The van der Waals surface area contributed by atoms with Crippen LogP contribution in [0.25, 0.3) is 33.4 Å². The molecule has 0 bridgehead atoms. The lowest BCUT2D eigenvalue weighted by molar-refractivity contribution is -0.385. The molecule has 0 unspecified atom stereocenters. The Hall–Kier alpha value is -3.78. The van der Waals surface area contributed by atoms with Gasteiger partial charge in [0.2, 0.25) is 0 Å². The number of aromatic nitrogens is 2. The van der Waals surface area contributed by atoms with Crippen molar-refractivity contribution in [1.82, 2.24) is 9.38 Å². The number of rotatable bonds is 3. The Labute approximate surface area is 186 Å². The van der Waals surface area contributed by atoms with Gasteiger partial charge in [-0.2, -0.15) is 0 Å². The first kappa shape index (κ1) is 20.1. The molecule has 0 aliphatic heterocycles. The lowest BCUT2D eigenvalue weighted by atomic mass is 10.0. The maximum Gasteiger partial charge on any atom is 0.275 e. The number of benzene rings is 2. The van der Waals surface area contributed by atoms with Gasteiger partial charge in [-0.15, -0.1) is 0 Å². The number of nitro benzene ring substituents is 1. The molecule has 8 heteroatoms. The van der Waals surface area contributed by atoms with Gasteiger partial charge in [0, 0.05) is 23.3 Å². The molecule has 0 fully saturated rings.